The molecule has 10 unspecified atom stereocenters. The lowest BCUT2D eigenvalue weighted by Gasteiger charge is -2.59. The van der Waals surface area contributed by atoms with Gasteiger partial charge in [-0.3, -0.25) is 9.59 Å². The predicted octanol–water partition coefficient (Wildman–Crippen LogP) is 2.49. The first kappa shape index (κ1) is 32.8. The van der Waals surface area contributed by atoms with Crippen LogP contribution in [0.1, 0.15) is 53.9 Å². The molecule has 3 saturated heterocycles. The molecule has 4 N–H and O–H groups in total. The summed E-state index contributed by atoms with van der Waals surface area (Å²) in [5.74, 6) is -2.86. The minimum absolute atomic E-state index is 0.0667. The molecular formula is C28H42BN4O8. The molecule has 3 fully saturated rings. The van der Waals surface area contributed by atoms with Crippen LogP contribution in [0.4, 0.5) is 0 Å². The fourth-order valence-corrected chi connectivity index (χ4v) is 5.57. The van der Waals surface area contributed by atoms with Crippen molar-refractivity contribution in [3.63, 3.8) is 0 Å². The van der Waals surface area contributed by atoms with Crippen LogP contribution in [0.2, 0.25) is 12.1 Å². The van der Waals surface area contributed by atoms with E-state index in [0.29, 0.717) is 19.2 Å². The Hall–Kier alpha value is -2.67. The topological polar surface area (TPSA) is 183 Å². The van der Waals surface area contributed by atoms with Crippen molar-refractivity contribution in [3.05, 3.63) is 46.4 Å². The molecule has 0 saturated carbocycles. The number of fused-ring (bicyclic) bond motifs is 1. The number of hydrogen-bond acceptors (Lipinski definition) is 9. The number of rotatable bonds is 11. The maximum absolute atomic E-state index is 12.5. The maximum atomic E-state index is 12.5. The Morgan fingerprint density at radius 2 is 2.05 bits per heavy atom. The number of nitrogens with zero attached hydrogens (tertiary/aromatic N) is 3. The van der Waals surface area contributed by atoms with Gasteiger partial charge in [-0.2, -0.15) is 0 Å². The van der Waals surface area contributed by atoms with Gasteiger partial charge in [-0.1, -0.05) is 42.8 Å². The fourth-order valence-electron chi connectivity index (χ4n) is 5.57. The highest BCUT2D eigenvalue weighted by atomic mass is 16.6. The van der Waals surface area contributed by atoms with E-state index < -0.39 is 41.5 Å². The Morgan fingerprint density at radius 1 is 1.32 bits per heavy atom. The molecule has 1 radical (unpaired) electrons. The number of hydrogen-bond donors (Lipinski definition) is 4. The summed E-state index contributed by atoms with van der Waals surface area (Å²) in [6.07, 6.45) is 6.85. The third kappa shape index (κ3) is 8.21. The molecule has 0 bridgehead atoms. The number of carbonyl (C=O) groups excluding carboxylic acids is 2. The predicted molar refractivity (Wildman–Crippen MR) is 152 cm³/mol. The normalized spacial score (nSPS) is 37.9. The lowest BCUT2D eigenvalue weighted by atomic mass is 9.35. The monoisotopic (exact) mass is 573 g/mol. The molecule has 225 valence electrons. The molecule has 3 aliphatic rings. The lowest BCUT2D eigenvalue weighted by Crippen LogP contribution is -2.71. The Kier molecular flexibility index (Phi) is 11.2. The largest absolute Gasteiger partial charge is 0.458 e. The van der Waals surface area contributed by atoms with Crippen LogP contribution < -0.4 is 5.32 Å². The molecule has 1 amide bonds. The van der Waals surface area contributed by atoms with Gasteiger partial charge in [0.1, 0.15) is 25.6 Å². The molecule has 3 aliphatic heterocycles. The van der Waals surface area contributed by atoms with Crippen LogP contribution in [0.3, 0.4) is 0 Å². The Labute approximate surface area is 241 Å². The first-order valence-electron chi connectivity index (χ1n) is 14.1. The van der Waals surface area contributed by atoms with Gasteiger partial charge in [-0.25, -0.2) is 0 Å². The summed E-state index contributed by atoms with van der Waals surface area (Å²) in [5, 5.41) is 38.3. The van der Waals surface area contributed by atoms with Gasteiger partial charge in [0.25, 0.3) is 0 Å². The number of carbonyl (C=O) groups is 2. The highest BCUT2D eigenvalue weighted by Gasteiger charge is 2.64. The molecule has 0 aromatic carbocycles. The van der Waals surface area contributed by atoms with Crippen LogP contribution >= 0.6 is 0 Å². The molecule has 3 rings (SSSR count). The third-order valence-corrected chi connectivity index (χ3v) is 8.12. The average molecular weight is 573 g/mol. The summed E-state index contributed by atoms with van der Waals surface area (Å²) >= 11 is 0. The van der Waals surface area contributed by atoms with E-state index in [-0.39, 0.29) is 43.0 Å². The Morgan fingerprint density at radius 3 is 2.68 bits per heavy atom. The number of aliphatic hydroxyl groups is 3. The van der Waals surface area contributed by atoms with E-state index in [1.54, 1.807) is 26.4 Å². The van der Waals surface area contributed by atoms with E-state index in [0.717, 1.165) is 5.57 Å². The van der Waals surface area contributed by atoms with Crippen LogP contribution in [-0.4, -0.2) is 89.0 Å². The van der Waals surface area contributed by atoms with Gasteiger partial charge >= 0.3 is 5.97 Å². The summed E-state index contributed by atoms with van der Waals surface area (Å²) in [6, 6.07) is -0.215. The van der Waals surface area contributed by atoms with Crippen molar-refractivity contribution in [1.82, 2.24) is 5.32 Å². The van der Waals surface area contributed by atoms with Crippen LogP contribution in [0.5, 0.6) is 0 Å². The van der Waals surface area contributed by atoms with Gasteiger partial charge in [0, 0.05) is 23.2 Å². The highest BCUT2D eigenvalue weighted by molar-refractivity contribution is 6.44. The van der Waals surface area contributed by atoms with Crippen molar-refractivity contribution in [1.29, 1.82) is 0 Å². The fraction of sp³-hybridized carbons (Fsp3) is 0.714. The molecule has 41 heavy (non-hydrogen) atoms. The lowest BCUT2D eigenvalue weighted by molar-refractivity contribution is -0.310. The molecule has 13 heteroatoms. The molecule has 0 aliphatic carbocycles. The first-order chi connectivity index (χ1) is 19.3. The van der Waals surface area contributed by atoms with E-state index >= 15 is 0 Å². The number of esters is 1. The van der Waals surface area contributed by atoms with Crippen molar-refractivity contribution in [2.24, 2.45) is 11.0 Å². The minimum atomic E-state index is -1.56. The second-order valence-electron chi connectivity index (χ2n) is 11.4. The number of amides is 1. The van der Waals surface area contributed by atoms with Crippen LogP contribution in [0.15, 0.2) is 41.1 Å². The SMILES string of the molecule is CCC(=O)OC(/C=C\C(=O)NC1CC(C)C(C/C=C(C)/C=C/C2OC(C)(O)C3[B]CC3(O)C2O)OC1C)CN=[N+]=[N-]. The molecule has 0 spiro atoms. The molecule has 0 aromatic heterocycles. The average Bonchev–Trinajstić information content (AvgIpc) is 2.90. The van der Waals surface area contributed by atoms with E-state index in [9.17, 15) is 24.9 Å². The Balaban J connectivity index is 1.51. The van der Waals surface area contributed by atoms with Crippen molar-refractivity contribution < 1.29 is 39.1 Å². The summed E-state index contributed by atoms with van der Waals surface area (Å²) in [7, 11) is 1.75. The van der Waals surface area contributed by atoms with E-state index in [1.807, 2.05) is 19.9 Å². The van der Waals surface area contributed by atoms with Gasteiger partial charge < -0.3 is 34.8 Å². The van der Waals surface area contributed by atoms with Gasteiger partial charge in [-0.15, -0.1) is 0 Å². The van der Waals surface area contributed by atoms with Crippen LogP contribution in [0, 0.1) is 5.92 Å². The molecule has 0 aromatic rings. The first-order valence-corrected chi connectivity index (χ1v) is 14.1. The zero-order valence-electron chi connectivity index (χ0n) is 24.3. The summed E-state index contributed by atoms with van der Waals surface area (Å²) < 4.78 is 17.1. The van der Waals surface area contributed by atoms with Crippen LogP contribution in [0.25, 0.3) is 10.4 Å². The van der Waals surface area contributed by atoms with E-state index in [2.05, 4.69) is 22.3 Å². The standard InChI is InChI=1S/C28H42BN4O8/c1-6-24(35)40-19(14-31-33-30)9-12-23(34)32-20-13-17(3)21(39-18(20)4)10-7-16(2)8-11-22-25(36)28(38)15-29-26(28)27(5,37)41-22/h7-9,11-12,17-22,25-26,36-38H,6,10,13-15H2,1-5H3,(H,32,34)/b11-8+,12-9-,16-7+. The second-order valence-corrected chi connectivity index (χ2v) is 11.4. The maximum Gasteiger partial charge on any atom is 0.306 e. The van der Waals surface area contributed by atoms with Gasteiger partial charge in [0.05, 0.1) is 30.4 Å². The van der Waals surface area contributed by atoms with Crippen LogP contribution in [-0.2, 0) is 23.8 Å². The van der Waals surface area contributed by atoms with Gasteiger partial charge in [0.2, 0.25) is 5.91 Å². The van der Waals surface area contributed by atoms with E-state index in [1.165, 1.54) is 19.1 Å². The summed E-state index contributed by atoms with van der Waals surface area (Å²) in [5.41, 5.74) is 8.06. The minimum Gasteiger partial charge on any atom is -0.458 e. The third-order valence-electron chi connectivity index (χ3n) is 8.12. The summed E-state index contributed by atoms with van der Waals surface area (Å²) in [4.78, 5) is 26.8. The molecule has 3 heterocycles. The van der Waals surface area contributed by atoms with Crippen molar-refractivity contribution in [2.75, 3.05) is 6.54 Å². The number of nitrogens with one attached hydrogen (secondary N) is 1. The molecular weight excluding hydrogens is 531 g/mol. The Bertz CT molecular complexity index is 1090. The number of ether oxygens (including phenoxy) is 3. The molecule has 12 nitrogen and oxygen atoms in total. The smallest absolute Gasteiger partial charge is 0.306 e. The van der Waals surface area contributed by atoms with E-state index in [4.69, 9.17) is 19.7 Å². The second kappa shape index (κ2) is 14.0. The quantitative estimate of drug-likeness (QED) is 0.0553. The molecule has 10 atom stereocenters. The van der Waals surface area contributed by atoms with Gasteiger partial charge in [0.15, 0.2) is 5.79 Å². The zero-order chi connectivity index (χ0) is 30.4. The summed E-state index contributed by atoms with van der Waals surface area (Å²) in [6.45, 7) is 8.92. The van der Waals surface area contributed by atoms with Gasteiger partial charge in [-0.05, 0) is 57.5 Å². The van der Waals surface area contributed by atoms with Crippen molar-refractivity contribution in [2.45, 2.75) is 114 Å². The highest BCUT2D eigenvalue weighted by Crippen LogP contribution is 2.53. The number of aliphatic hydroxyl groups excluding tert-OH is 1. The van der Waals surface area contributed by atoms with Crippen molar-refractivity contribution in [3.8, 4) is 0 Å². The van der Waals surface area contributed by atoms with Crippen molar-refractivity contribution >= 4 is 19.2 Å². The zero-order valence-corrected chi connectivity index (χ0v) is 24.3. The number of allylic oxidation sites excluding steroid dienone is 2. The number of azide groups is 1.